The molecule has 0 bridgehead atoms. The molecule has 12 heavy (non-hydrogen) atoms. The molecule has 72 valence electrons. The van der Waals surface area contributed by atoms with Crippen molar-refractivity contribution in [2.24, 2.45) is 0 Å². The maximum atomic E-state index is 12.0. The Hall–Kier alpha value is -0.720. The first-order valence-electron chi connectivity index (χ1n) is 2.55. The van der Waals surface area contributed by atoms with Gasteiger partial charge in [0.05, 0.1) is 0 Å². The summed E-state index contributed by atoms with van der Waals surface area (Å²) in [4.78, 5) is 0. The van der Waals surface area contributed by atoms with Crippen LogP contribution in [-0.2, 0) is 0 Å². The van der Waals surface area contributed by atoms with E-state index in [9.17, 15) is 26.3 Å². The van der Waals surface area contributed by atoms with Gasteiger partial charge in [-0.15, -0.1) is 0 Å². The molecule has 0 rings (SSSR count). The van der Waals surface area contributed by atoms with E-state index in [1.807, 2.05) is 0 Å². The smallest absolute Gasteiger partial charge is 0.350 e. The zero-order valence-electron chi connectivity index (χ0n) is 5.50. The molecular formula is C5H4F6O. The molecule has 0 saturated heterocycles. The van der Waals surface area contributed by atoms with Crippen molar-refractivity contribution in [3.63, 3.8) is 0 Å². The Balaban J connectivity index is 4.97. The average molecular weight is 194 g/mol. The van der Waals surface area contributed by atoms with Crippen molar-refractivity contribution in [1.82, 2.24) is 0 Å². The first kappa shape index (κ1) is 11.3. The van der Waals surface area contributed by atoms with Crippen LogP contribution in [0.2, 0.25) is 0 Å². The molecule has 0 fully saturated rings. The van der Waals surface area contributed by atoms with Gasteiger partial charge >= 0.3 is 18.0 Å². The fourth-order valence-corrected chi connectivity index (χ4v) is 0.324. The van der Waals surface area contributed by atoms with Crippen LogP contribution in [0.5, 0.6) is 0 Å². The molecule has 0 aliphatic carbocycles. The Bertz CT molecular complexity index is 181. The number of halogens is 6. The predicted molar refractivity (Wildman–Crippen MR) is 27.3 cm³/mol. The zero-order valence-corrected chi connectivity index (χ0v) is 5.50. The summed E-state index contributed by atoms with van der Waals surface area (Å²) in [5.74, 6) is -10.6. The molecule has 1 N–H and O–H groups in total. The minimum atomic E-state index is -6.05. The normalized spacial score (nSPS) is 18.6. The summed E-state index contributed by atoms with van der Waals surface area (Å²) in [5, 5.41) is 7.77. The van der Waals surface area contributed by atoms with Crippen LogP contribution in [0, 0.1) is 0 Å². The largest absolute Gasteiger partial charge is 0.455 e. The molecule has 0 heterocycles. The Morgan fingerprint density at radius 2 is 1.33 bits per heavy atom. The lowest BCUT2D eigenvalue weighted by molar-refractivity contribution is -0.373. The lowest BCUT2D eigenvalue weighted by Gasteiger charge is -2.27. The summed E-state index contributed by atoms with van der Waals surface area (Å²) < 4.78 is 70.0. The van der Waals surface area contributed by atoms with Crippen LogP contribution in [0.3, 0.4) is 0 Å². The minimum absolute atomic E-state index is 0.611. The van der Waals surface area contributed by atoms with Gasteiger partial charge in [-0.05, 0) is 6.08 Å². The van der Waals surface area contributed by atoms with Crippen molar-refractivity contribution in [1.29, 1.82) is 0 Å². The predicted octanol–water partition coefficient (Wildman–Crippen LogP) is 2.03. The molecule has 0 saturated carbocycles. The number of aliphatic hydroxyl groups is 1. The van der Waals surface area contributed by atoms with Crippen LogP contribution in [0.4, 0.5) is 26.3 Å². The second kappa shape index (κ2) is 2.65. The molecule has 0 aliphatic rings. The second-order valence-corrected chi connectivity index (χ2v) is 1.95. The standard InChI is InChI=1S/C5H4F6O/c1-2-3(6,7)4(8,12)5(9,10)11/h2,12H,1H2/t4-/m1/s1. The molecule has 0 radical (unpaired) electrons. The van der Waals surface area contributed by atoms with Crippen LogP contribution < -0.4 is 0 Å². The summed E-state index contributed by atoms with van der Waals surface area (Å²) in [6.45, 7) is 2.26. The van der Waals surface area contributed by atoms with E-state index in [1.54, 1.807) is 0 Å². The molecule has 0 aromatic heterocycles. The molecule has 0 unspecified atom stereocenters. The molecule has 0 aromatic carbocycles. The van der Waals surface area contributed by atoms with Gasteiger partial charge in [-0.3, -0.25) is 0 Å². The van der Waals surface area contributed by atoms with Crippen molar-refractivity contribution >= 4 is 0 Å². The van der Waals surface area contributed by atoms with E-state index < -0.39 is 24.0 Å². The monoisotopic (exact) mass is 194 g/mol. The molecule has 0 spiro atoms. The summed E-state index contributed by atoms with van der Waals surface area (Å²) in [5.41, 5.74) is 0. The Labute approximate surface area is 63.3 Å². The van der Waals surface area contributed by atoms with Gasteiger partial charge in [-0.25, -0.2) is 0 Å². The van der Waals surface area contributed by atoms with Crippen molar-refractivity contribution in [3.8, 4) is 0 Å². The molecule has 0 amide bonds. The lowest BCUT2D eigenvalue weighted by Crippen LogP contribution is -2.54. The summed E-state index contributed by atoms with van der Waals surface area (Å²) in [6, 6.07) is 0. The van der Waals surface area contributed by atoms with E-state index in [0.29, 0.717) is 0 Å². The zero-order chi connectivity index (χ0) is 10.2. The van der Waals surface area contributed by atoms with Crippen molar-refractivity contribution in [2.75, 3.05) is 0 Å². The topological polar surface area (TPSA) is 20.2 Å². The van der Waals surface area contributed by atoms with Gasteiger partial charge in [0.2, 0.25) is 0 Å². The van der Waals surface area contributed by atoms with Crippen molar-refractivity contribution in [2.45, 2.75) is 18.0 Å². The van der Waals surface area contributed by atoms with Crippen molar-refractivity contribution in [3.05, 3.63) is 12.7 Å². The molecular weight excluding hydrogens is 190 g/mol. The SMILES string of the molecule is C=CC(F)(F)[C@](O)(F)C(F)(F)F. The fraction of sp³-hybridized carbons (Fsp3) is 0.600. The second-order valence-electron chi connectivity index (χ2n) is 1.95. The Morgan fingerprint density at radius 3 is 1.42 bits per heavy atom. The lowest BCUT2D eigenvalue weighted by atomic mass is 10.1. The molecule has 0 aromatic rings. The molecule has 7 heteroatoms. The molecule has 0 aliphatic heterocycles. The maximum absolute atomic E-state index is 12.0. The number of rotatable bonds is 2. The van der Waals surface area contributed by atoms with E-state index in [-0.39, 0.29) is 0 Å². The minimum Gasteiger partial charge on any atom is -0.350 e. The van der Waals surface area contributed by atoms with Crippen LogP contribution in [0.1, 0.15) is 0 Å². The molecule has 1 nitrogen and oxygen atoms in total. The third kappa shape index (κ3) is 1.55. The number of hydrogen-bond donors (Lipinski definition) is 1. The fourth-order valence-electron chi connectivity index (χ4n) is 0.324. The summed E-state index contributed by atoms with van der Waals surface area (Å²) in [6.07, 6.45) is -6.66. The third-order valence-electron chi connectivity index (χ3n) is 1.07. The first-order valence-corrected chi connectivity index (χ1v) is 2.55. The van der Waals surface area contributed by atoms with E-state index in [1.165, 1.54) is 0 Å². The van der Waals surface area contributed by atoms with E-state index in [0.717, 1.165) is 0 Å². The Morgan fingerprint density at radius 1 is 1.00 bits per heavy atom. The first-order chi connectivity index (χ1) is 5.06. The van der Waals surface area contributed by atoms with E-state index in [4.69, 9.17) is 5.11 Å². The summed E-state index contributed by atoms with van der Waals surface area (Å²) >= 11 is 0. The van der Waals surface area contributed by atoms with Gasteiger partial charge < -0.3 is 5.11 Å². The van der Waals surface area contributed by atoms with Gasteiger partial charge in [0.1, 0.15) is 0 Å². The highest BCUT2D eigenvalue weighted by Crippen LogP contribution is 2.43. The summed E-state index contributed by atoms with van der Waals surface area (Å²) in [7, 11) is 0. The van der Waals surface area contributed by atoms with Gasteiger partial charge in [0.25, 0.3) is 0 Å². The number of hydrogen-bond acceptors (Lipinski definition) is 1. The van der Waals surface area contributed by atoms with Gasteiger partial charge in [-0.1, -0.05) is 6.58 Å². The highest BCUT2D eigenvalue weighted by atomic mass is 19.4. The quantitative estimate of drug-likeness (QED) is 0.526. The Kier molecular flexibility index (Phi) is 2.49. The van der Waals surface area contributed by atoms with Crippen molar-refractivity contribution < 1.29 is 31.4 Å². The maximum Gasteiger partial charge on any atom is 0.455 e. The van der Waals surface area contributed by atoms with Crippen LogP contribution >= 0.6 is 0 Å². The van der Waals surface area contributed by atoms with Gasteiger partial charge in [0.15, 0.2) is 0 Å². The average Bonchev–Trinajstić information content (AvgIpc) is 1.85. The van der Waals surface area contributed by atoms with Gasteiger partial charge in [-0.2, -0.15) is 26.3 Å². The van der Waals surface area contributed by atoms with E-state index >= 15 is 0 Å². The third-order valence-corrected chi connectivity index (χ3v) is 1.07. The van der Waals surface area contributed by atoms with Crippen LogP contribution in [0.25, 0.3) is 0 Å². The highest BCUT2D eigenvalue weighted by molar-refractivity contribution is 5.01. The van der Waals surface area contributed by atoms with Crippen LogP contribution in [0.15, 0.2) is 12.7 Å². The molecule has 1 atom stereocenters. The highest BCUT2D eigenvalue weighted by Gasteiger charge is 2.69. The van der Waals surface area contributed by atoms with Gasteiger partial charge in [0, 0.05) is 0 Å². The number of alkyl halides is 6. The van der Waals surface area contributed by atoms with Crippen LogP contribution in [-0.4, -0.2) is 23.1 Å². The van der Waals surface area contributed by atoms with E-state index in [2.05, 4.69) is 6.58 Å².